The van der Waals surface area contributed by atoms with E-state index in [9.17, 15) is 14.7 Å². The minimum absolute atomic E-state index is 0.0997. The van der Waals surface area contributed by atoms with Crippen molar-refractivity contribution in [3.63, 3.8) is 0 Å². The Hall–Kier alpha value is -2.24. The van der Waals surface area contributed by atoms with Gasteiger partial charge in [0.05, 0.1) is 25.4 Å². The topological polar surface area (TPSA) is 125 Å². The molecule has 1 saturated carbocycles. The number of alkyl carbamates (subject to hydrolysis) is 1. The van der Waals surface area contributed by atoms with Crippen LogP contribution in [0.2, 0.25) is 0 Å². The minimum Gasteiger partial charge on any atom is -0.460 e. The molecule has 40 heavy (non-hydrogen) atoms. The van der Waals surface area contributed by atoms with Gasteiger partial charge in [-0.3, -0.25) is 10.1 Å². The number of methoxy groups -OCH3 is 1. The van der Waals surface area contributed by atoms with Crippen molar-refractivity contribution in [2.75, 3.05) is 27.1 Å². The Morgan fingerprint density at radius 3 is 2.33 bits per heavy atom. The van der Waals surface area contributed by atoms with Gasteiger partial charge in [0.2, 0.25) is 0 Å². The molecule has 1 aromatic rings. The van der Waals surface area contributed by atoms with Crippen molar-refractivity contribution in [1.82, 2.24) is 10.6 Å². The van der Waals surface area contributed by atoms with Crippen molar-refractivity contribution >= 4 is 12.1 Å². The number of amides is 1. The summed E-state index contributed by atoms with van der Waals surface area (Å²) in [5, 5.41) is 17.2. The van der Waals surface area contributed by atoms with E-state index in [0.717, 1.165) is 37.7 Å². The summed E-state index contributed by atoms with van der Waals surface area (Å²) in [4.78, 5) is 26.1. The summed E-state index contributed by atoms with van der Waals surface area (Å²) in [6, 6.07) is 7.68. The summed E-state index contributed by atoms with van der Waals surface area (Å²) in [5.41, 5.74) is 0.175. The average molecular weight is 567 g/mol. The Morgan fingerprint density at radius 2 is 1.73 bits per heavy atom. The molecule has 1 aliphatic rings. The highest BCUT2D eigenvalue weighted by Gasteiger charge is 2.41. The molecule has 0 spiro atoms. The van der Waals surface area contributed by atoms with E-state index in [0.29, 0.717) is 13.2 Å². The molecule has 1 aromatic carbocycles. The van der Waals surface area contributed by atoms with Crippen LogP contribution in [0.15, 0.2) is 30.3 Å². The molecule has 1 aliphatic carbocycles. The van der Waals surface area contributed by atoms with Gasteiger partial charge in [0.1, 0.15) is 31.1 Å². The lowest BCUT2D eigenvalue weighted by Gasteiger charge is -2.42. The molecule has 0 saturated heterocycles. The predicted molar refractivity (Wildman–Crippen MR) is 152 cm³/mol. The lowest BCUT2D eigenvalue weighted by atomic mass is 9.78. The quantitative estimate of drug-likeness (QED) is 0.155. The van der Waals surface area contributed by atoms with Crippen LogP contribution in [0.5, 0.6) is 0 Å². The van der Waals surface area contributed by atoms with E-state index in [2.05, 4.69) is 10.6 Å². The summed E-state index contributed by atoms with van der Waals surface area (Å²) in [5.74, 6) is -0.282. The standard InChI is InChI=1S/C30H50N2O8/c1-21(28(34)38-19-23-13-9-7-10-14-23)31-25(24-15-11-8-12-16-24)26(32-29(35)40-30(3,4)5)27(22(2)33)39-20-37-18-17-36-6/h7,9-10,13-14,21-22,24-27,31,33H,8,11-12,15-20H2,1-6H3,(H,32,35)/t21?,22-,25?,26+,27+/m1/s1. The number of hydrogen-bond donors (Lipinski definition) is 3. The molecule has 0 heterocycles. The van der Waals surface area contributed by atoms with Gasteiger partial charge in [-0.1, -0.05) is 49.6 Å². The molecular weight excluding hydrogens is 516 g/mol. The molecule has 0 radical (unpaired) electrons. The zero-order valence-electron chi connectivity index (χ0n) is 25.0. The zero-order chi connectivity index (χ0) is 29.5. The number of benzene rings is 1. The molecule has 10 nitrogen and oxygen atoms in total. The molecule has 2 rings (SSSR count). The molecule has 2 unspecified atom stereocenters. The van der Waals surface area contributed by atoms with Gasteiger partial charge < -0.3 is 34.1 Å². The van der Waals surface area contributed by atoms with Crippen LogP contribution in [0.1, 0.15) is 72.3 Å². The van der Waals surface area contributed by atoms with E-state index in [4.69, 9.17) is 23.7 Å². The molecule has 5 atom stereocenters. The van der Waals surface area contributed by atoms with Gasteiger partial charge in [0.15, 0.2) is 0 Å². The van der Waals surface area contributed by atoms with Crippen LogP contribution in [0, 0.1) is 5.92 Å². The fourth-order valence-electron chi connectivity index (χ4n) is 4.93. The first-order chi connectivity index (χ1) is 19.0. The highest BCUT2D eigenvalue weighted by molar-refractivity contribution is 5.75. The van der Waals surface area contributed by atoms with Crippen LogP contribution in [0.4, 0.5) is 4.79 Å². The lowest BCUT2D eigenvalue weighted by molar-refractivity contribution is -0.149. The fraction of sp³-hybridized carbons (Fsp3) is 0.733. The lowest BCUT2D eigenvalue weighted by Crippen LogP contribution is -2.64. The van der Waals surface area contributed by atoms with E-state index >= 15 is 0 Å². The Bertz CT molecular complexity index is 855. The maximum atomic E-state index is 13.0. The summed E-state index contributed by atoms with van der Waals surface area (Å²) >= 11 is 0. The average Bonchev–Trinajstić information content (AvgIpc) is 2.91. The second-order valence-corrected chi connectivity index (χ2v) is 11.5. The monoisotopic (exact) mass is 566 g/mol. The first-order valence-electron chi connectivity index (χ1n) is 14.3. The molecule has 3 N–H and O–H groups in total. The molecule has 1 amide bonds. The summed E-state index contributed by atoms with van der Waals surface area (Å²) < 4.78 is 27.7. The highest BCUT2D eigenvalue weighted by atomic mass is 16.7. The number of rotatable bonds is 16. The highest BCUT2D eigenvalue weighted by Crippen LogP contribution is 2.30. The predicted octanol–water partition coefficient (Wildman–Crippen LogP) is 3.94. The van der Waals surface area contributed by atoms with Crippen LogP contribution in [0.25, 0.3) is 0 Å². The van der Waals surface area contributed by atoms with Crippen molar-refractivity contribution in [3.05, 3.63) is 35.9 Å². The first kappa shape index (κ1) is 34.0. The Balaban J connectivity index is 2.28. The van der Waals surface area contributed by atoms with Crippen molar-refractivity contribution < 1.29 is 38.4 Å². The molecule has 0 aromatic heterocycles. The van der Waals surface area contributed by atoms with Gasteiger partial charge in [-0.15, -0.1) is 0 Å². The number of esters is 1. The fourth-order valence-corrected chi connectivity index (χ4v) is 4.93. The van der Waals surface area contributed by atoms with Crippen molar-refractivity contribution in [1.29, 1.82) is 0 Å². The van der Waals surface area contributed by atoms with E-state index in [-0.39, 0.29) is 19.3 Å². The smallest absolute Gasteiger partial charge is 0.408 e. The van der Waals surface area contributed by atoms with Gasteiger partial charge in [-0.2, -0.15) is 0 Å². The van der Waals surface area contributed by atoms with Crippen LogP contribution < -0.4 is 10.6 Å². The van der Waals surface area contributed by atoms with Gasteiger partial charge in [-0.05, 0) is 58.9 Å². The summed E-state index contributed by atoms with van der Waals surface area (Å²) in [6.45, 7) is 9.51. The van der Waals surface area contributed by atoms with E-state index in [1.165, 1.54) is 0 Å². The Morgan fingerprint density at radius 1 is 1.05 bits per heavy atom. The van der Waals surface area contributed by atoms with Crippen LogP contribution in [-0.4, -0.2) is 80.2 Å². The zero-order valence-corrected chi connectivity index (χ0v) is 25.0. The molecule has 0 aliphatic heterocycles. The van der Waals surface area contributed by atoms with Gasteiger partial charge in [0.25, 0.3) is 0 Å². The summed E-state index contributed by atoms with van der Waals surface area (Å²) in [7, 11) is 1.58. The largest absolute Gasteiger partial charge is 0.460 e. The number of carbonyl (C=O) groups excluding carboxylic acids is 2. The maximum Gasteiger partial charge on any atom is 0.408 e. The van der Waals surface area contributed by atoms with E-state index < -0.39 is 48.0 Å². The SMILES string of the molecule is COCCOCO[C@@H]([C@@H](C)O)[C@@H](NC(=O)OC(C)(C)C)C(NC(C)C(=O)OCc1ccccc1)C1CCCCC1. The number of aliphatic hydroxyl groups excluding tert-OH is 1. The second-order valence-electron chi connectivity index (χ2n) is 11.5. The molecule has 1 fully saturated rings. The minimum atomic E-state index is -0.959. The number of aliphatic hydroxyl groups is 1. The Labute approximate surface area is 239 Å². The van der Waals surface area contributed by atoms with Gasteiger partial charge in [0, 0.05) is 13.2 Å². The van der Waals surface area contributed by atoms with Crippen molar-refractivity contribution in [3.8, 4) is 0 Å². The number of carbonyl (C=O) groups is 2. The second kappa shape index (κ2) is 17.5. The maximum absolute atomic E-state index is 13.0. The van der Waals surface area contributed by atoms with Crippen molar-refractivity contribution in [2.24, 2.45) is 5.92 Å². The van der Waals surface area contributed by atoms with Crippen LogP contribution in [-0.2, 0) is 35.1 Å². The van der Waals surface area contributed by atoms with E-state index in [1.54, 1.807) is 41.7 Å². The third kappa shape index (κ3) is 12.5. The van der Waals surface area contributed by atoms with E-state index in [1.807, 2.05) is 30.3 Å². The third-order valence-electron chi connectivity index (χ3n) is 6.85. The van der Waals surface area contributed by atoms with Gasteiger partial charge in [-0.25, -0.2) is 4.79 Å². The first-order valence-corrected chi connectivity index (χ1v) is 14.3. The number of ether oxygens (including phenoxy) is 5. The van der Waals surface area contributed by atoms with Crippen LogP contribution in [0.3, 0.4) is 0 Å². The normalized spacial score (nSPS) is 18.3. The number of nitrogens with one attached hydrogen (secondary N) is 2. The van der Waals surface area contributed by atoms with Gasteiger partial charge >= 0.3 is 12.1 Å². The van der Waals surface area contributed by atoms with Crippen LogP contribution >= 0.6 is 0 Å². The third-order valence-corrected chi connectivity index (χ3v) is 6.85. The summed E-state index contributed by atoms with van der Waals surface area (Å²) in [6.07, 6.45) is 2.59. The Kier molecular flexibility index (Phi) is 14.9. The molecule has 0 bridgehead atoms. The van der Waals surface area contributed by atoms with Crippen molar-refractivity contribution in [2.45, 2.75) is 109 Å². The number of hydrogen-bond acceptors (Lipinski definition) is 9. The molecule has 228 valence electrons. The molecular formula is C30H50N2O8. The molecule has 10 heteroatoms.